The average molecular weight is 394 g/mol. The minimum absolute atomic E-state index is 0.0509. The van der Waals surface area contributed by atoms with Crippen LogP contribution in [0.25, 0.3) is 0 Å². The predicted octanol–water partition coefficient (Wildman–Crippen LogP) is 4.81. The van der Waals surface area contributed by atoms with Gasteiger partial charge in [0, 0.05) is 16.9 Å². The van der Waals surface area contributed by atoms with Crippen LogP contribution < -0.4 is 0 Å². The topological polar surface area (TPSA) is 78.7 Å². The van der Waals surface area contributed by atoms with E-state index in [2.05, 4.69) is 20.8 Å². The standard InChI is InChI=1S/C20H27NO5S/c1-12-5-10-16-17(11-12)26-19(27-20(16,3)4)13(2)25-18(22)14-6-8-15(9-7-14)21(23)24/h6-9,12-13,16-17,19H,5,10-11H2,1-4H3/t12-,13-,16-,17-,19-/m1/s1. The number of carbonyl (C=O) groups excluding carboxylic acids is 1. The summed E-state index contributed by atoms with van der Waals surface area (Å²) in [6.07, 6.45) is 3.26. The fraction of sp³-hybridized carbons (Fsp3) is 0.650. The largest absolute Gasteiger partial charge is 0.455 e. The molecule has 1 heterocycles. The van der Waals surface area contributed by atoms with E-state index in [1.807, 2.05) is 6.92 Å². The quantitative estimate of drug-likeness (QED) is 0.415. The first-order valence-electron chi connectivity index (χ1n) is 9.46. The van der Waals surface area contributed by atoms with Crippen molar-refractivity contribution >= 4 is 23.4 Å². The first-order chi connectivity index (χ1) is 12.7. The summed E-state index contributed by atoms with van der Waals surface area (Å²) in [6.45, 7) is 8.63. The Kier molecular flexibility index (Phi) is 5.82. The Balaban J connectivity index is 1.65. The molecule has 0 amide bonds. The fourth-order valence-corrected chi connectivity index (χ4v) is 5.57. The van der Waals surface area contributed by atoms with Gasteiger partial charge in [0.2, 0.25) is 0 Å². The van der Waals surface area contributed by atoms with Crippen LogP contribution in [0.1, 0.15) is 57.3 Å². The molecule has 1 saturated heterocycles. The Morgan fingerprint density at radius 2 is 2.00 bits per heavy atom. The summed E-state index contributed by atoms with van der Waals surface area (Å²) in [6, 6.07) is 5.46. The average Bonchev–Trinajstić information content (AvgIpc) is 2.60. The normalized spacial score (nSPS) is 30.8. The summed E-state index contributed by atoms with van der Waals surface area (Å²) in [5.41, 5.74) is 0.0372. The molecule has 0 aromatic heterocycles. The Labute approximate surface area is 164 Å². The number of hydrogen-bond acceptors (Lipinski definition) is 6. The van der Waals surface area contributed by atoms with E-state index < -0.39 is 17.0 Å². The highest BCUT2D eigenvalue weighted by Gasteiger charge is 2.48. The lowest BCUT2D eigenvalue weighted by atomic mass is 9.75. The number of ether oxygens (including phenoxy) is 2. The molecule has 1 saturated carbocycles. The van der Waals surface area contributed by atoms with Gasteiger partial charge in [0.05, 0.1) is 16.6 Å². The van der Waals surface area contributed by atoms with Crippen molar-refractivity contribution in [2.75, 3.05) is 0 Å². The number of nitro benzene ring substituents is 1. The Bertz CT molecular complexity index is 705. The van der Waals surface area contributed by atoms with Crippen LogP contribution in [0.2, 0.25) is 0 Å². The highest BCUT2D eigenvalue weighted by Crippen LogP contribution is 2.51. The number of hydrogen-bond donors (Lipinski definition) is 0. The summed E-state index contributed by atoms with van der Waals surface area (Å²) in [4.78, 5) is 22.7. The number of thioether (sulfide) groups is 1. The number of non-ortho nitro benzene ring substituents is 1. The maximum absolute atomic E-state index is 12.4. The number of benzene rings is 1. The Morgan fingerprint density at radius 3 is 2.63 bits per heavy atom. The van der Waals surface area contributed by atoms with E-state index in [0.29, 0.717) is 17.4 Å². The summed E-state index contributed by atoms with van der Waals surface area (Å²) in [5.74, 6) is 0.690. The van der Waals surface area contributed by atoms with Gasteiger partial charge in [-0.1, -0.05) is 27.2 Å². The Hall–Kier alpha value is -1.60. The molecule has 6 nitrogen and oxygen atoms in total. The van der Waals surface area contributed by atoms with Gasteiger partial charge in [-0.3, -0.25) is 10.1 Å². The van der Waals surface area contributed by atoms with Crippen LogP contribution in [0.5, 0.6) is 0 Å². The minimum Gasteiger partial charge on any atom is -0.455 e. The lowest BCUT2D eigenvalue weighted by molar-refractivity contribution is -0.384. The number of nitro groups is 1. The van der Waals surface area contributed by atoms with Crippen LogP contribution in [0.15, 0.2) is 24.3 Å². The van der Waals surface area contributed by atoms with E-state index in [1.165, 1.54) is 37.1 Å². The van der Waals surface area contributed by atoms with E-state index in [4.69, 9.17) is 9.47 Å². The van der Waals surface area contributed by atoms with E-state index in [9.17, 15) is 14.9 Å². The van der Waals surface area contributed by atoms with Gasteiger partial charge in [0.1, 0.15) is 11.5 Å². The van der Waals surface area contributed by atoms with Crippen molar-refractivity contribution in [3.05, 3.63) is 39.9 Å². The van der Waals surface area contributed by atoms with Crippen LogP contribution in [0, 0.1) is 22.0 Å². The van der Waals surface area contributed by atoms with Gasteiger partial charge < -0.3 is 9.47 Å². The van der Waals surface area contributed by atoms with Gasteiger partial charge in [-0.25, -0.2) is 4.79 Å². The number of fused-ring (bicyclic) bond motifs is 1. The maximum atomic E-state index is 12.4. The van der Waals surface area contributed by atoms with Gasteiger partial charge >= 0.3 is 5.97 Å². The van der Waals surface area contributed by atoms with Crippen molar-refractivity contribution in [2.45, 2.75) is 69.3 Å². The molecule has 0 unspecified atom stereocenters. The molecule has 27 heavy (non-hydrogen) atoms. The SMILES string of the molecule is C[C@@H]1CC[C@@H]2[C@@H](C1)O[C@@H]([C@@H](C)OC(=O)c1ccc([N+](=O)[O-])cc1)SC2(C)C. The van der Waals surface area contributed by atoms with E-state index in [-0.39, 0.29) is 22.0 Å². The highest BCUT2D eigenvalue weighted by atomic mass is 32.2. The minimum atomic E-state index is -0.492. The van der Waals surface area contributed by atoms with E-state index in [1.54, 1.807) is 11.8 Å². The smallest absolute Gasteiger partial charge is 0.338 e. The molecule has 0 bridgehead atoms. The lowest BCUT2D eigenvalue weighted by Gasteiger charge is -2.50. The van der Waals surface area contributed by atoms with Crippen molar-refractivity contribution in [3.63, 3.8) is 0 Å². The molecule has 0 N–H and O–H groups in total. The molecule has 1 aliphatic carbocycles. The van der Waals surface area contributed by atoms with Gasteiger partial charge in [0.25, 0.3) is 5.69 Å². The second kappa shape index (κ2) is 7.80. The molecule has 148 valence electrons. The zero-order chi connectivity index (χ0) is 19.8. The molecular weight excluding hydrogens is 366 g/mol. The van der Waals surface area contributed by atoms with Gasteiger partial charge in [-0.15, -0.1) is 11.8 Å². The molecule has 3 rings (SSSR count). The van der Waals surface area contributed by atoms with Crippen molar-refractivity contribution in [1.29, 1.82) is 0 Å². The van der Waals surface area contributed by atoms with Crippen molar-refractivity contribution in [2.24, 2.45) is 11.8 Å². The second-order valence-electron chi connectivity index (χ2n) is 8.20. The first-order valence-corrected chi connectivity index (χ1v) is 10.3. The summed E-state index contributed by atoms with van der Waals surface area (Å²) < 4.78 is 12.0. The molecule has 5 atom stereocenters. The first kappa shape index (κ1) is 20.1. The number of rotatable bonds is 4. The van der Waals surface area contributed by atoms with Crippen LogP contribution in [-0.2, 0) is 9.47 Å². The maximum Gasteiger partial charge on any atom is 0.338 e. The molecule has 2 fully saturated rings. The monoisotopic (exact) mass is 393 g/mol. The van der Waals surface area contributed by atoms with Crippen LogP contribution in [0.3, 0.4) is 0 Å². The second-order valence-corrected chi connectivity index (χ2v) is 9.96. The molecular formula is C20H27NO5S. The van der Waals surface area contributed by atoms with E-state index >= 15 is 0 Å². The number of nitrogens with zero attached hydrogens (tertiary/aromatic N) is 1. The zero-order valence-corrected chi connectivity index (χ0v) is 17.0. The zero-order valence-electron chi connectivity index (χ0n) is 16.2. The molecule has 1 aromatic carbocycles. The van der Waals surface area contributed by atoms with Gasteiger partial charge in [-0.05, 0) is 43.7 Å². The van der Waals surface area contributed by atoms with E-state index in [0.717, 1.165) is 6.42 Å². The third-order valence-corrected chi connectivity index (χ3v) is 7.30. The fourth-order valence-electron chi connectivity index (χ4n) is 4.08. The van der Waals surface area contributed by atoms with Crippen molar-refractivity contribution in [3.8, 4) is 0 Å². The lowest BCUT2D eigenvalue weighted by Crippen LogP contribution is -2.51. The molecule has 1 aromatic rings. The summed E-state index contributed by atoms with van der Waals surface area (Å²) >= 11 is 1.74. The highest BCUT2D eigenvalue weighted by molar-refractivity contribution is 8.01. The van der Waals surface area contributed by atoms with Crippen LogP contribution in [-0.4, -0.2) is 33.3 Å². The van der Waals surface area contributed by atoms with Crippen molar-refractivity contribution in [1.82, 2.24) is 0 Å². The third kappa shape index (κ3) is 4.46. The van der Waals surface area contributed by atoms with Crippen LogP contribution >= 0.6 is 11.8 Å². The van der Waals surface area contributed by atoms with Crippen LogP contribution in [0.4, 0.5) is 5.69 Å². The number of esters is 1. The molecule has 7 heteroatoms. The summed E-state index contributed by atoms with van der Waals surface area (Å²) in [7, 11) is 0. The molecule has 2 aliphatic rings. The van der Waals surface area contributed by atoms with Crippen molar-refractivity contribution < 1.29 is 19.2 Å². The summed E-state index contributed by atoms with van der Waals surface area (Å²) in [5, 5.41) is 10.7. The number of carbonyl (C=O) groups is 1. The third-order valence-electron chi connectivity index (χ3n) is 5.67. The van der Waals surface area contributed by atoms with Gasteiger partial charge in [0.15, 0.2) is 0 Å². The Morgan fingerprint density at radius 1 is 1.33 bits per heavy atom. The molecule has 1 aliphatic heterocycles. The molecule has 0 spiro atoms. The van der Waals surface area contributed by atoms with Gasteiger partial charge in [-0.2, -0.15) is 0 Å². The predicted molar refractivity (Wildman–Crippen MR) is 105 cm³/mol. The molecule has 0 radical (unpaired) electrons.